The van der Waals surface area contributed by atoms with Gasteiger partial charge in [-0.3, -0.25) is 4.79 Å². The average Bonchev–Trinajstić information content (AvgIpc) is 2.72. The van der Waals surface area contributed by atoms with Crippen molar-refractivity contribution in [2.45, 2.75) is 0 Å². The number of ether oxygens (including phenoxy) is 1. The highest BCUT2D eigenvalue weighted by atomic mass is 16.5. The molecule has 0 saturated carbocycles. The van der Waals surface area contributed by atoms with Crippen LogP contribution >= 0.6 is 0 Å². The molecular weight excluding hydrogens is 324 g/mol. The Bertz CT molecular complexity index is 924. The molecule has 0 aliphatic heterocycles. The molecule has 3 nitrogen and oxygen atoms in total. The predicted molar refractivity (Wildman–Crippen MR) is 103 cm³/mol. The Morgan fingerprint density at radius 2 is 1.23 bits per heavy atom. The van der Waals surface area contributed by atoms with Crippen LogP contribution in [-0.4, -0.2) is 18.9 Å². The summed E-state index contributed by atoms with van der Waals surface area (Å²) in [4.78, 5) is 24.6. The second-order valence-corrected chi connectivity index (χ2v) is 5.73. The third kappa shape index (κ3) is 3.95. The van der Waals surface area contributed by atoms with Gasteiger partial charge in [0, 0.05) is 11.1 Å². The monoisotopic (exact) mass is 342 g/mol. The Morgan fingerprint density at radius 1 is 0.692 bits per heavy atom. The predicted octanol–water partition coefficient (Wildman–Crippen LogP) is 4.90. The third-order valence-corrected chi connectivity index (χ3v) is 4.01. The van der Waals surface area contributed by atoms with Crippen molar-refractivity contribution in [3.8, 4) is 0 Å². The molecule has 3 rings (SSSR count). The van der Waals surface area contributed by atoms with Crippen molar-refractivity contribution in [3.63, 3.8) is 0 Å². The van der Waals surface area contributed by atoms with E-state index >= 15 is 0 Å². The van der Waals surface area contributed by atoms with Crippen LogP contribution in [0.4, 0.5) is 0 Å². The highest BCUT2D eigenvalue weighted by Gasteiger charge is 2.14. The molecule has 0 unspecified atom stereocenters. The van der Waals surface area contributed by atoms with Gasteiger partial charge in [0.25, 0.3) is 0 Å². The fourth-order valence-electron chi connectivity index (χ4n) is 2.64. The van der Waals surface area contributed by atoms with Crippen LogP contribution in [0.25, 0.3) is 11.6 Å². The lowest BCUT2D eigenvalue weighted by atomic mass is 9.94. The molecule has 0 N–H and O–H groups in total. The first-order valence-corrected chi connectivity index (χ1v) is 8.24. The van der Waals surface area contributed by atoms with Gasteiger partial charge in [-0.05, 0) is 29.3 Å². The quantitative estimate of drug-likeness (QED) is 0.287. The topological polar surface area (TPSA) is 43.4 Å². The molecule has 128 valence electrons. The third-order valence-electron chi connectivity index (χ3n) is 4.01. The van der Waals surface area contributed by atoms with Gasteiger partial charge >= 0.3 is 5.97 Å². The van der Waals surface area contributed by atoms with Crippen LogP contribution in [-0.2, 0) is 4.74 Å². The Hall–Kier alpha value is -3.46. The van der Waals surface area contributed by atoms with Gasteiger partial charge in [-0.2, -0.15) is 0 Å². The molecule has 3 aromatic carbocycles. The van der Waals surface area contributed by atoms with Crippen LogP contribution in [0.2, 0.25) is 0 Å². The first-order valence-electron chi connectivity index (χ1n) is 8.24. The van der Waals surface area contributed by atoms with Crippen LogP contribution < -0.4 is 0 Å². The number of benzene rings is 3. The van der Waals surface area contributed by atoms with E-state index in [1.807, 2.05) is 54.6 Å². The number of carbonyl (C=O) groups excluding carboxylic acids is 2. The smallest absolute Gasteiger partial charge is 0.337 e. The van der Waals surface area contributed by atoms with Crippen molar-refractivity contribution in [1.82, 2.24) is 0 Å². The molecule has 26 heavy (non-hydrogen) atoms. The van der Waals surface area contributed by atoms with Crippen molar-refractivity contribution >= 4 is 23.4 Å². The van der Waals surface area contributed by atoms with Crippen molar-refractivity contribution in [2.75, 3.05) is 7.11 Å². The number of rotatable bonds is 5. The van der Waals surface area contributed by atoms with Gasteiger partial charge in [-0.25, -0.2) is 4.79 Å². The lowest BCUT2D eigenvalue weighted by Gasteiger charge is -2.08. The van der Waals surface area contributed by atoms with E-state index in [0.29, 0.717) is 16.7 Å². The summed E-state index contributed by atoms with van der Waals surface area (Å²) in [5.41, 5.74) is 3.39. The molecular formula is C23H18O3. The molecule has 0 spiro atoms. The number of hydrogen-bond donors (Lipinski definition) is 0. The second kappa shape index (κ2) is 8.08. The molecule has 0 bridgehead atoms. The van der Waals surface area contributed by atoms with Crippen LogP contribution in [0.3, 0.4) is 0 Å². The number of carbonyl (C=O) groups is 2. The molecule has 0 heterocycles. The van der Waals surface area contributed by atoms with Crippen molar-refractivity contribution < 1.29 is 14.3 Å². The summed E-state index contributed by atoms with van der Waals surface area (Å²) in [6.07, 6.45) is 1.84. The minimum atomic E-state index is -0.385. The molecule has 0 radical (unpaired) electrons. The maximum atomic E-state index is 13.0. The highest BCUT2D eigenvalue weighted by Crippen LogP contribution is 2.23. The largest absolute Gasteiger partial charge is 0.465 e. The van der Waals surface area contributed by atoms with E-state index in [2.05, 4.69) is 0 Å². The van der Waals surface area contributed by atoms with Gasteiger partial charge < -0.3 is 4.74 Å². The van der Waals surface area contributed by atoms with E-state index in [-0.39, 0.29) is 11.8 Å². The maximum Gasteiger partial charge on any atom is 0.337 e. The van der Waals surface area contributed by atoms with Crippen molar-refractivity contribution in [1.29, 1.82) is 0 Å². The summed E-state index contributed by atoms with van der Waals surface area (Å²) >= 11 is 0. The van der Waals surface area contributed by atoms with Gasteiger partial charge in [0.1, 0.15) is 0 Å². The molecule has 0 amide bonds. The van der Waals surface area contributed by atoms with E-state index in [9.17, 15) is 9.59 Å². The Morgan fingerprint density at radius 3 is 1.77 bits per heavy atom. The van der Waals surface area contributed by atoms with Gasteiger partial charge in [0.2, 0.25) is 0 Å². The molecule has 0 aromatic heterocycles. The maximum absolute atomic E-state index is 13.0. The summed E-state index contributed by atoms with van der Waals surface area (Å²) in [5, 5.41) is 0. The molecule has 3 heteroatoms. The zero-order valence-electron chi connectivity index (χ0n) is 14.4. The first kappa shape index (κ1) is 17.4. The lowest BCUT2D eigenvalue weighted by Crippen LogP contribution is -2.03. The van der Waals surface area contributed by atoms with Crippen LogP contribution in [0.1, 0.15) is 31.8 Å². The summed E-state index contributed by atoms with van der Waals surface area (Å²) in [5.74, 6) is -0.432. The fraction of sp³-hybridized carbons (Fsp3) is 0.0435. The summed E-state index contributed by atoms with van der Waals surface area (Å²) < 4.78 is 4.71. The molecule has 3 aromatic rings. The molecule has 0 atom stereocenters. The number of methoxy groups -OCH3 is 1. The van der Waals surface area contributed by atoms with Gasteiger partial charge in [0.05, 0.1) is 12.7 Å². The zero-order chi connectivity index (χ0) is 18.4. The normalized spacial score (nSPS) is 11.0. The van der Waals surface area contributed by atoms with E-state index in [4.69, 9.17) is 4.74 Å². The Labute approximate surface area is 152 Å². The van der Waals surface area contributed by atoms with Crippen LogP contribution in [0, 0.1) is 0 Å². The molecule has 0 fully saturated rings. The SMILES string of the molecule is COC(=O)c1ccc(/C=C(/C(=O)c2ccccc2)c2ccccc2)cc1. The minimum absolute atomic E-state index is 0.0474. The average molecular weight is 342 g/mol. The number of ketones is 1. The van der Waals surface area contributed by atoms with Crippen LogP contribution in [0.15, 0.2) is 84.9 Å². The molecule has 0 aliphatic rings. The van der Waals surface area contributed by atoms with Gasteiger partial charge in [-0.1, -0.05) is 72.8 Å². The van der Waals surface area contributed by atoms with E-state index in [1.54, 1.807) is 36.4 Å². The minimum Gasteiger partial charge on any atom is -0.465 e. The Kier molecular flexibility index (Phi) is 5.40. The number of hydrogen-bond acceptors (Lipinski definition) is 3. The van der Waals surface area contributed by atoms with Crippen LogP contribution in [0.5, 0.6) is 0 Å². The number of allylic oxidation sites excluding steroid dienone is 1. The highest BCUT2D eigenvalue weighted by molar-refractivity contribution is 6.32. The zero-order valence-corrected chi connectivity index (χ0v) is 14.4. The fourth-order valence-corrected chi connectivity index (χ4v) is 2.64. The molecule has 0 aliphatic carbocycles. The summed E-state index contributed by atoms with van der Waals surface area (Å²) in [7, 11) is 1.35. The Balaban J connectivity index is 2.02. The van der Waals surface area contributed by atoms with Crippen molar-refractivity contribution in [2.24, 2.45) is 0 Å². The summed E-state index contributed by atoms with van der Waals surface area (Å²) in [6, 6.07) is 25.7. The standard InChI is InChI=1S/C23H18O3/c1-26-23(25)20-14-12-17(13-15-20)16-21(18-8-4-2-5-9-18)22(24)19-10-6-3-7-11-19/h2-16H,1H3/b21-16+. The van der Waals surface area contributed by atoms with E-state index in [0.717, 1.165) is 11.1 Å². The first-order chi connectivity index (χ1) is 12.7. The summed E-state index contributed by atoms with van der Waals surface area (Å²) in [6.45, 7) is 0. The van der Waals surface area contributed by atoms with Crippen molar-refractivity contribution in [3.05, 3.63) is 107 Å². The molecule has 0 saturated heterocycles. The second-order valence-electron chi connectivity index (χ2n) is 5.73. The lowest BCUT2D eigenvalue weighted by molar-refractivity contribution is 0.0600. The van der Waals surface area contributed by atoms with Gasteiger partial charge in [0.15, 0.2) is 5.78 Å². The van der Waals surface area contributed by atoms with Gasteiger partial charge in [-0.15, -0.1) is 0 Å². The number of esters is 1. The number of Topliss-reactive ketones (excluding diaryl/α,β-unsaturated/α-hetero) is 1. The van der Waals surface area contributed by atoms with E-state index < -0.39 is 0 Å². The van der Waals surface area contributed by atoms with E-state index in [1.165, 1.54) is 7.11 Å².